The Bertz CT molecular complexity index is 1690. The number of benzene rings is 3. The highest BCUT2D eigenvalue weighted by Gasteiger charge is 2.28. The van der Waals surface area contributed by atoms with Crippen molar-refractivity contribution < 1.29 is 14.3 Å². The summed E-state index contributed by atoms with van der Waals surface area (Å²) in [4.78, 5) is 22.6. The number of hydrogen-bond donors (Lipinski definition) is 3. The topological polar surface area (TPSA) is 103 Å². The van der Waals surface area contributed by atoms with E-state index in [9.17, 15) is 10.2 Å². The minimum absolute atomic E-state index is 0.0603. The van der Waals surface area contributed by atoms with Gasteiger partial charge in [0.05, 0.1) is 25.9 Å². The number of ether oxygens (including phenoxy) is 2. The molecule has 0 spiro atoms. The van der Waals surface area contributed by atoms with Gasteiger partial charge in [-0.15, -0.1) is 0 Å². The Labute approximate surface area is 295 Å². The molecule has 0 unspecified atom stereocenters. The summed E-state index contributed by atoms with van der Waals surface area (Å²) in [5, 5.41) is 12.7. The predicted octanol–water partition coefficient (Wildman–Crippen LogP) is 7.79. The zero-order valence-corrected chi connectivity index (χ0v) is 30.0. The number of nitrogens with one attached hydrogen (secondary N) is 3. The summed E-state index contributed by atoms with van der Waals surface area (Å²) in [6, 6.07) is 28.6. The van der Waals surface area contributed by atoms with E-state index < -0.39 is 0 Å². The summed E-state index contributed by atoms with van der Waals surface area (Å²) in [7, 11) is 0. The monoisotopic (exact) mass is 680 g/mol. The number of carbonyl (C=O) groups is 1. The third-order valence-electron chi connectivity index (χ3n) is 8.50. The SMILES string of the molecule is CC.CSNC(=O)c1cc(-c2ccc(N3CCOCC3)cc2)c(C(=N)C(C)C)c(Nc2cccc(N3CC(OCc4ccccc4)C3)c2)n1. The highest BCUT2D eigenvalue weighted by Crippen LogP contribution is 2.35. The number of anilines is 4. The van der Waals surface area contributed by atoms with Gasteiger partial charge in [-0.25, -0.2) is 4.98 Å². The molecule has 4 aromatic rings. The van der Waals surface area contributed by atoms with Crippen LogP contribution in [-0.2, 0) is 16.1 Å². The molecule has 1 aromatic heterocycles. The van der Waals surface area contributed by atoms with Gasteiger partial charge < -0.3 is 30.0 Å². The second kappa shape index (κ2) is 17.3. The van der Waals surface area contributed by atoms with Gasteiger partial charge in [-0.3, -0.25) is 9.52 Å². The average molecular weight is 681 g/mol. The number of nitrogens with zero attached hydrogens (tertiary/aromatic N) is 3. The normalized spacial score (nSPS) is 14.5. The Balaban J connectivity index is 0.00000230. The highest BCUT2D eigenvalue weighted by atomic mass is 32.2. The number of carbonyl (C=O) groups excluding carboxylic acids is 1. The minimum atomic E-state index is -0.287. The van der Waals surface area contributed by atoms with Crippen LogP contribution in [0.4, 0.5) is 22.9 Å². The van der Waals surface area contributed by atoms with Crippen LogP contribution in [0.3, 0.4) is 0 Å². The van der Waals surface area contributed by atoms with Crippen molar-refractivity contribution in [3.8, 4) is 11.1 Å². The molecule has 1 amide bonds. The molecule has 2 aliphatic rings. The predicted molar refractivity (Wildman–Crippen MR) is 204 cm³/mol. The molecule has 0 radical (unpaired) electrons. The number of aromatic nitrogens is 1. The molecule has 2 fully saturated rings. The Morgan fingerprint density at radius 1 is 0.959 bits per heavy atom. The fraction of sp³-hybridized carbons (Fsp3) is 0.359. The summed E-state index contributed by atoms with van der Waals surface area (Å²) < 4.78 is 14.5. The van der Waals surface area contributed by atoms with E-state index in [1.807, 2.05) is 64.3 Å². The number of morpholine rings is 1. The van der Waals surface area contributed by atoms with Gasteiger partial charge in [-0.1, -0.05) is 88.2 Å². The molecule has 0 aliphatic carbocycles. The van der Waals surface area contributed by atoms with E-state index in [2.05, 4.69) is 68.4 Å². The standard InChI is InChI=1S/C37H42N6O3S.C2H6/c1-25(2)35(38)34-32(27-12-14-29(15-13-27)42-16-18-45-19-17-42)21-33(37(44)41-47-3)40-36(34)39-28-10-7-11-30(20-28)43-22-31(23-43)46-24-26-8-5-4-6-9-26;1-2/h4-15,20-21,25,31,38H,16-19,22-24H2,1-3H3,(H,39,40)(H,41,44);1-2H3. The van der Waals surface area contributed by atoms with E-state index >= 15 is 0 Å². The van der Waals surface area contributed by atoms with Gasteiger partial charge in [0.15, 0.2) is 0 Å². The first-order valence-corrected chi connectivity index (χ1v) is 18.3. The van der Waals surface area contributed by atoms with Crippen LogP contribution >= 0.6 is 11.9 Å². The Morgan fingerprint density at radius 3 is 2.35 bits per heavy atom. The lowest BCUT2D eigenvalue weighted by molar-refractivity contribution is 0.0224. The number of hydrogen-bond acceptors (Lipinski definition) is 9. The molecule has 2 aliphatic heterocycles. The molecule has 6 rings (SSSR count). The first-order chi connectivity index (χ1) is 23.9. The van der Waals surface area contributed by atoms with Crippen molar-refractivity contribution in [2.45, 2.75) is 40.4 Å². The first-order valence-electron chi connectivity index (χ1n) is 17.1. The molecule has 0 saturated carbocycles. The summed E-state index contributed by atoms with van der Waals surface area (Å²) in [5.41, 5.74) is 7.33. The molecular weight excluding hydrogens is 633 g/mol. The van der Waals surface area contributed by atoms with Crippen LogP contribution in [0.5, 0.6) is 0 Å². The zero-order valence-electron chi connectivity index (χ0n) is 29.2. The van der Waals surface area contributed by atoms with Gasteiger partial charge in [-0.05, 0) is 59.0 Å². The van der Waals surface area contributed by atoms with E-state index in [-0.39, 0.29) is 23.6 Å². The Hall–Kier alpha value is -4.38. The van der Waals surface area contributed by atoms with Crippen LogP contribution < -0.4 is 19.8 Å². The highest BCUT2D eigenvalue weighted by molar-refractivity contribution is 7.97. The molecule has 2 saturated heterocycles. The van der Waals surface area contributed by atoms with Crippen molar-refractivity contribution in [1.29, 1.82) is 5.41 Å². The first kappa shape index (κ1) is 35.9. The van der Waals surface area contributed by atoms with Crippen molar-refractivity contribution in [3.05, 3.63) is 102 Å². The van der Waals surface area contributed by atoms with Crippen molar-refractivity contribution >= 4 is 46.4 Å². The van der Waals surface area contributed by atoms with Crippen molar-refractivity contribution in [3.63, 3.8) is 0 Å². The summed E-state index contributed by atoms with van der Waals surface area (Å²) in [6.07, 6.45) is 1.99. The maximum Gasteiger partial charge on any atom is 0.279 e. The molecular formula is C39H48N6O3S. The van der Waals surface area contributed by atoms with E-state index in [1.165, 1.54) is 17.5 Å². The van der Waals surface area contributed by atoms with Gasteiger partial charge in [0.2, 0.25) is 0 Å². The third-order valence-corrected chi connectivity index (χ3v) is 8.89. The summed E-state index contributed by atoms with van der Waals surface area (Å²) in [5.74, 6) is 0.134. The maximum absolute atomic E-state index is 13.2. The molecule has 3 N–H and O–H groups in total. The second-order valence-corrected chi connectivity index (χ2v) is 12.7. The van der Waals surface area contributed by atoms with Gasteiger partial charge >= 0.3 is 0 Å². The molecule has 0 atom stereocenters. The summed E-state index contributed by atoms with van der Waals surface area (Å²) >= 11 is 1.23. The van der Waals surface area contributed by atoms with Crippen molar-refractivity contribution in [2.24, 2.45) is 5.92 Å². The van der Waals surface area contributed by atoms with Crippen LogP contribution in [0.25, 0.3) is 11.1 Å². The number of rotatable bonds is 12. The lowest BCUT2D eigenvalue weighted by Gasteiger charge is -2.40. The molecule has 3 aromatic carbocycles. The number of amides is 1. The lowest BCUT2D eigenvalue weighted by Crippen LogP contribution is -2.52. The third kappa shape index (κ3) is 9.00. The molecule has 9 nitrogen and oxygen atoms in total. The van der Waals surface area contributed by atoms with Gasteiger partial charge in [-0.2, -0.15) is 0 Å². The van der Waals surface area contributed by atoms with Crippen molar-refractivity contribution in [2.75, 3.05) is 60.8 Å². The molecule has 0 bridgehead atoms. The van der Waals surface area contributed by atoms with Crippen LogP contribution in [0, 0.1) is 11.3 Å². The second-order valence-electron chi connectivity index (χ2n) is 12.1. The van der Waals surface area contributed by atoms with E-state index in [4.69, 9.17) is 14.5 Å². The maximum atomic E-state index is 13.2. The number of pyridine rings is 1. The fourth-order valence-corrected chi connectivity index (χ4v) is 6.11. The molecule has 3 heterocycles. The van der Waals surface area contributed by atoms with Gasteiger partial charge in [0.25, 0.3) is 5.91 Å². The molecule has 49 heavy (non-hydrogen) atoms. The van der Waals surface area contributed by atoms with E-state index in [0.717, 1.165) is 54.4 Å². The quantitative estimate of drug-likeness (QED) is 0.103. The van der Waals surface area contributed by atoms with E-state index in [1.54, 1.807) is 6.07 Å². The lowest BCUT2D eigenvalue weighted by atomic mass is 9.91. The summed E-state index contributed by atoms with van der Waals surface area (Å²) in [6.45, 7) is 13.4. The fourth-order valence-electron chi connectivity index (χ4n) is 5.82. The smallest absolute Gasteiger partial charge is 0.279 e. The molecule has 10 heteroatoms. The largest absolute Gasteiger partial charge is 0.378 e. The van der Waals surface area contributed by atoms with Gasteiger partial charge in [0.1, 0.15) is 11.5 Å². The zero-order chi connectivity index (χ0) is 34.8. The van der Waals surface area contributed by atoms with Gasteiger partial charge in [0, 0.05) is 60.8 Å². The van der Waals surface area contributed by atoms with Crippen LogP contribution in [0.1, 0.15) is 49.3 Å². The molecule has 258 valence electrons. The average Bonchev–Trinajstić information content (AvgIpc) is 3.12. The Morgan fingerprint density at radius 2 is 1.67 bits per heavy atom. The van der Waals surface area contributed by atoms with E-state index in [0.29, 0.717) is 36.9 Å². The van der Waals surface area contributed by atoms with Crippen LogP contribution in [0.2, 0.25) is 0 Å². The van der Waals surface area contributed by atoms with Crippen molar-refractivity contribution in [1.82, 2.24) is 9.71 Å². The Kier molecular flexibility index (Phi) is 12.7. The minimum Gasteiger partial charge on any atom is -0.378 e. The van der Waals surface area contributed by atoms with Crippen LogP contribution in [-0.4, -0.2) is 68.4 Å². The van der Waals surface area contributed by atoms with Crippen LogP contribution in [0.15, 0.2) is 84.9 Å².